The molecule has 0 saturated heterocycles. The van der Waals surface area contributed by atoms with Gasteiger partial charge in [-0.1, -0.05) is 47.0 Å². The normalized spacial score (nSPS) is 10.3. The van der Waals surface area contributed by atoms with E-state index in [0.717, 1.165) is 0 Å². The molecule has 11 heavy (non-hydrogen) atoms. The molecular formula is C7H7Cl3Si. The van der Waals surface area contributed by atoms with Crippen LogP contribution in [0.1, 0.15) is 5.17 Å². The van der Waals surface area contributed by atoms with E-state index in [2.05, 4.69) is 6.55 Å². The van der Waals surface area contributed by atoms with Crippen molar-refractivity contribution in [2.45, 2.75) is 6.92 Å². The minimum Gasteiger partial charge on any atom is -0.0831 e. The third-order valence-corrected chi connectivity index (χ3v) is 5.52. The largest absolute Gasteiger partial charge is 0.0831 e. The van der Waals surface area contributed by atoms with Crippen LogP contribution in [0.5, 0.6) is 0 Å². The standard InChI is InChI=1S/C7H7Cl3Si/c1-4-6(9)7(10)5(8)3-11(4)2/h3H,1-2H3. The second-order valence-corrected chi connectivity index (χ2v) is 6.00. The summed E-state index contributed by atoms with van der Waals surface area (Å²) in [7, 11) is -0.652. The fourth-order valence-corrected chi connectivity index (χ4v) is 3.57. The van der Waals surface area contributed by atoms with E-state index in [1.807, 2.05) is 12.6 Å². The molecule has 0 radical (unpaired) electrons. The second-order valence-electron chi connectivity index (χ2n) is 2.43. The van der Waals surface area contributed by atoms with Gasteiger partial charge >= 0.3 is 0 Å². The number of aryl methyl sites for hydroxylation is 1. The maximum atomic E-state index is 5.92. The Morgan fingerprint density at radius 3 is 2.27 bits per heavy atom. The van der Waals surface area contributed by atoms with Crippen LogP contribution in [0.25, 0.3) is 0 Å². The molecule has 0 fully saturated rings. The predicted octanol–water partition coefficient (Wildman–Crippen LogP) is 3.52. The molecule has 0 unspecified atom stereocenters. The van der Waals surface area contributed by atoms with Gasteiger partial charge < -0.3 is 0 Å². The first-order valence-corrected chi connectivity index (χ1v) is 6.36. The monoisotopic (exact) mass is 224 g/mol. The van der Waals surface area contributed by atoms with E-state index in [9.17, 15) is 0 Å². The summed E-state index contributed by atoms with van der Waals surface area (Å²) in [6.45, 7) is 4.13. The maximum Gasteiger partial charge on any atom is 0.0773 e. The lowest BCUT2D eigenvalue weighted by Gasteiger charge is -2.05. The predicted molar refractivity (Wildman–Crippen MR) is 53.1 cm³/mol. The molecule has 1 aromatic heterocycles. The van der Waals surface area contributed by atoms with E-state index in [1.165, 1.54) is 5.17 Å². The fourth-order valence-electron chi connectivity index (χ4n) is 0.804. The zero-order valence-corrected chi connectivity index (χ0v) is 9.48. The molecule has 1 rings (SSSR count). The molecule has 0 bridgehead atoms. The van der Waals surface area contributed by atoms with Gasteiger partial charge in [-0.2, -0.15) is 0 Å². The smallest absolute Gasteiger partial charge is 0.0773 e. The van der Waals surface area contributed by atoms with Gasteiger partial charge in [0.25, 0.3) is 0 Å². The third kappa shape index (κ3) is 1.78. The van der Waals surface area contributed by atoms with Crippen molar-refractivity contribution < 1.29 is 0 Å². The van der Waals surface area contributed by atoms with E-state index >= 15 is 0 Å². The number of rotatable bonds is 0. The van der Waals surface area contributed by atoms with Crippen LogP contribution in [0, 0.1) is 6.92 Å². The summed E-state index contributed by atoms with van der Waals surface area (Å²) in [5.41, 5.74) is 2.00. The molecular weight excluding hydrogens is 219 g/mol. The summed E-state index contributed by atoms with van der Waals surface area (Å²) >= 11 is 17.6. The Balaban J connectivity index is 3.46. The average molecular weight is 226 g/mol. The first-order valence-electron chi connectivity index (χ1n) is 3.14. The molecule has 0 nitrogen and oxygen atoms in total. The quantitative estimate of drug-likeness (QED) is 0.593. The number of halogens is 3. The summed E-state index contributed by atoms with van der Waals surface area (Å²) in [5.74, 6) is 0. The van der Waals surface area contributed by atoms with Crippen molar-refractivity contribution >= 4 is 43.2 Å². The molecule has 0 saturated carbocycles. The maximum absolute atomic E-state index is 5.92. The van der Waals surface area contributed by atoms with E-state index in [0.29, 0.717) is 15.1 Å². The van der Waals surface area contributed by atoms with E-state index in [-0.39, 0.29) is 0 Å². The Morgan fingerprint density at radius 2 is 1.73 bits per heavy atom. The van der Waals surface area contributed by atoms with Crippen molar-refractivity contribution in [2.24, 2.45) is 6.55 Å². The molecule has 0 aliphatic heterocycles. The topological polar surface area (TPSA) is 0 Å². The lowest BCUT2D eigenvalue weighted by molar-refractivity contribution is 1.56. The SMILES string of the molecule is Cc1c(Cl)c(Cl)c(Cl)c[si]1C. The highest BCUT2D eigenvalue weighted by atomic mass is 35.5. The molecule has 1 heterocycles. The van der Waals surface area contributed by atoms with Crippen molar-refractivity contribution in [3.05, 3.63) is 25.9 Å². The van der Waals surface area contributed by atoms with Crippen LogP contribution in [0.3, 0.4) is 0 Å². The zero-order chi connectivity index (χ0) is 8.59. The molecule has 0 N–H and O–H groups in total. The van der Waals surface area contributed by atoms with Crippen LogP contribution in [0.2, 0.25) is 15.1 Å². The van der Waals surface area contributed by atoms with Crippen LogP contribution in [0.15, 0.2) is 5.68 Å². The Kier molecular flexibility index (Phi) is 2.98. The zero-order valence-electron chi connectivity index (χ0n) is 6.21. The Labute approximate surface area is 82.6 Å². The van der Waals surface area contributed by atoms with Crippen LogP contribution >= 0.6 is 34.8 Å². The van der Waals surface area contributed by atoms with Crippen molar-refractivity contribution in [1.82, 2.24) is 0 Å². The van der Waals surface area contributed by atoms with E-state index in [1.54, 1.807) is 0 Å². The lowest BCUT2D eigenvalue weighted by atomic mass is 10.5. The van der Waals surface area contributed by atoms with Gasteiger partial charge in [-0.05, 0) is 12.1 Å². The highest BCUT2D eigenvalue weighted by Crippen LogP contribution is 2.31. The Morgan fingerprint density at radius 1 is 1.18 bits per heavy atom. The molecule has 60 valence electrons. The summed E-state index contributed by atoms with van der Waals surface area (Å²) in [4.78, 5) is 0. The van der Waals surface area contributed by atoms with Gasteiger partial charge in [-0.3, -0.25) is 0 Å². The van der Waals surface area contributed by atoms with Crippen LogP contribution in [-0.4, -0.2) is 8.40 Å². The third-order valence-electron chi connectivity index (χ3n) is 1.67. The Bertz CT molecular complexity index is 270. The van der Waals surface area contributed by atoms with Gasteiger partial charge in [0.05, 0.1) is 15.1 Å². The number of hydrogen-bond acceptors (Lipinski definition) is 0. The van der Waals surface area contributed by atoms with E-state index in [4.69, 9.17) is 34.8 Å². The first-order chi connectivity index (χ1) is 5.04. The molecule has 0 spiro atoms. The van der Waals surface area contributed by atoms with Crippen molar-refractivity contribution in [2.75, 3.05) is 0 Å². The molecule has 0 aliphatic rings. The highest BCUT2D eigenvalue weighted by molar-refractivity contribution is 6.59. The molecule has 0 aromatic carbocycles. The minimum absolute atomic E-state index is 0.487. The van der Waals surface area contributed by atoms with Crippen molar-refractivity contribution in [3.8, 4) is 0 Å². The fraction of sp³-hybridized carbons (Fsp3) is 0.286. The van der Waals surface area contributed by atoms with Gasteiger partial charge in [-0.15, -0.1) is 0 Å². The van der Waals surface area contributed by atoms with Gasteiger partial charge in [0.15, 0.2) is 0 Å². The Hall–Kier alpha value is 0.437. The van der Waals surface area contributed by atoms with Crippen molar-refractivity contribution in [1.29, 1.82) is 0 Å². The molecule has 1 aromatic rings. The molecule has 0 amide bonds. The van der Waals surface area contributed by atoms with Gasteiger partial charge in [0.1, 0.15) is 0 Å². The molecule has 0 aliphatic carbocycles. The van der Waals surface area contributed by atoms with Crippen LogP contribution in [0.4, 0.5) is 0 Å². The van der Waals surface area contributed by atoms with Crippen LogP contribution < -0.4 is 0 Å². The summed E-state index contributed by atoms with van der Waals surface area (Å²) < 4.78 is 0. The first kappa shape index (κ1) is 9.52. The second kappa shape index (κ2) is 3.44. The van der Waals surface area contributed by atoms with Gasteiger partial charge in [0.2, 0.25) is 0 Å². The summed E-state index contributed by atoms with van der Waals surface area (Å²) in [5, 5.41) is 2.89. The molecule has 4 heteroatoms. The average Bonchev–Trinajstić information content (AvgIpc) is 1.97. The number of hydrogen-bond donors (Lipinski definition) is 0. The molecule has 0 atom stereocenters. The highest BCUT2D eigenvalue weighted by Gasteiger charge is 2.08. The van der Waals surface area contributed by atoms with Gasteiger partial charge in [-0.25, -0.2) is 0 Å². The van der Waals surface area contributed by atoms with Crippen molar-refractivity contribution in [3.63, 3.8) is 0 Å². The van der Waals surface area contributed by atoms with Crippen LogP contribution in [-0.2, 0) is 6.55 Å². The van der Waals surface area contributed by atoms with E-state index < -0.39 is 8.40 Å². The minimum atomic E-state index is -0.652. The summed E-state index contributed by atoms with van der Waals surface area (Å²) in [6.07, 6.45) is 0. The summed E-state index contributed by atoms with van der Waals surface area (Å²) in [6, 6.07) is 0. The van der Waals surface area contributed by atoms with Gasteiger partial charge in [0, 0.05) is 8.40 Å². The lowest BCUT2D eigenvalue weighted by Crippen LogP contribution is -1.98.